The number of nitrogens with one attached hydrogen (secondary N) is 1. The average molecular weight is 458 g/mol. The zero-order valence-corrected chi connectivity index (χ0v) is 19.9. The van der Waals surface area contributed by atoms with Gasteiger partial charge in [-0.25, -0.2) is 4.98 Å². The second-order valence-electron chi connectivity index (χ2n) is 7.91. The minimum Gasteiger partial charge on any atom is -0.493 e. The Morgan fingerprint density at radius 3 is 2.38 bits per heavy atom. The van der Waals surface area contributed by atoms with Gasteiger partial charge in [-0.2, -0.15) is 0 Å². The molecule has 1 amide bonds. The van der Waals surface area contributed by atoms with Crippen LogP contribution in [0.3, 0.4) is 0 Å². The number of benzene rings is 2. The number of nitrogens with zero attached hydrogens (tertiary/aromatic N) is 2. The van der Waals surface area contributed by atoms with Gasteiger partial charge in [0.15, 0.2) is 11.5 Å². The fourth-order valence-corrected chi connectivity index (χ4v) is 3.68. The summed E-state index contributed by atoms with van der Waals surface area (Å²) in [5.74, 6) is 1.29. The third-order valence-electron chi connectivity index (χ3n) is 5.52. The molecule has 0 radical (unpaired) electrons. The number of aryl methyl sites for hydroxylation is 2. The summed E-state index contributed by atoms with van der Waals surface area (Å²) in [5.41, 5.74) is 6.23. The second kappa shape index (κ2) is 9.70. The average Bonchev–Trinajstić information content (AvgIpc) is 3.26. The van der Waals surface area contributed by atoms with Crippen LogP contribution in [-0.2, 0) is 4.79 Å². The lowest BCUT2D eigenvalue weighted by Gasteiger charge is -2.13. The Kier molecular flexibility index (Phi) is 6.54. The zero-order valence-electron chi connectivity index (χ0n) is 19.9. The highest BCUT2D eigenvalue weighted by Gasteiger charge is 2.13. The van der Waals surface area contributed by atoms with Crippen molar-refractivity contribution in [2.75, 3.05) is 26.6 Å². The molecule has 34 heavy (non-hydrogen) atoms. The van der Waals surface area contributed by atoms with Crippen molar-refractivity contribution in [1.82, 2.24) is 9.38 Å². The topological polar surface area (TPSA) is 74.1 Å². The standard InChI is InChI=1S/C27H27N3O4/c1-17-10-11-30-16-22(28-25(30)12-17)20-8-6-18(2)21(15-20)29-26(31)9-7-19-13-23(32-3)27(34-5)24(14-19)33-4/h6-16H,1-5H3,(H,29,31)/b9-7+. The Morgan fingerprint density at radius 2 is 1.71 bits per heavy atom. The summed E-state index contributed by atoms with van der Waals surface area (Å²) in [4.78, 5) is 17.4. The van der Waals surface area contributed by atoms with Gasteiger partial charge in [-0.15, -0.1) is 0 Å². The van der Waals surface area contributed by atoms with Crippen LogP contribution in [0.2, 0.25) is 0 Å². The molecule has 0 saturated carbocycles. The van der Waals surface area contributed by atoms with Crippen LogP contribution in [0.5, 0.6) is 17.2 Å². The maximum Gasteiger partial charge on any atom is 0.248 e. The summed E-state index contributed by atoms with van der Waals surface area (Å²) in [6.45, 7) is 3.99. The summed E-state index contributed by atoms with van der Waals surface area (Å²) in [7, 11) is 4.65. The number of hydrogen-bond acceptors (Lipinski definition) is 5. The highest BCUT2D eigenvalue weighted by atomic mass is 16.5. The van der Waals surface area contributed by atoms with Crippen LogP contribution in [-0.4, -0.2) is 36.6 Å². The fraction of sp³-hybridized carbons (Fsp3) is 0.185. The molecule has 0 aliphatic carbocycles. The van der Waals surface area contributed by atoms with Gasteiger partial charge >= 0.3 is 0 Å². The summed E-state index contributed by atoms with van der Waals surface area (Å²) in [5, 5.41) is 2.97. The largest absolute Gasteiger partial charge is 0.493 e. The van der Waals surface area contributed by atoms with Gasteiger partial charge in [-0.1, -0.05) is 12.1 Å². The molecule has 2 aromatic heterocycles. The normalized spacial score (nSPS) is 11.1. The molecule has 0 atom stereocenters. The Bertz CT molecular complexity index is 1360. The Morgan fingerprint density at radius 1 is 0.971 bits per heavy atom. The molecule has 7 heteroatoms. The van der Waals surface area contributed by atoms with Crippen LogP contribution in [0.4, 0.5) is 5.69 Å². The molecule has 7 nitrogen and oxygen atoms in total. The number of fused-ring (bicyclic) bond motifs is 1. The van der Waals surface area contributed by atoms with Crippen LogP contribution in [0.1, 0.15) is 16.7 Å². The Labute approximate surface area is 198 Å². The van der Waals surface area contributed by atoms with Crippen molar-refractivity contribution < 1.29 is 19.0 Å². The van der Waals surface area contributed by atoms with E-state index >= 15 is 0 Å². The van der Waals surface area contributed by atoms with E-state index in [4.69, 9.17) is 19.2 Å². The summed E-state index contributed by atoms with van der Waals surface area (Å²) in [6.07, 6.45) is 7.14. The zero-order chi connectivity index (χ0) is 24.2. The SMILES string of the molecule is COc1cc(/C=C/C(=O)Nc2cc(-c3cn4ccc(C)cc4n3)ccc2C)cc(OC)c1OC. The van der Waals surface area contributed by atoms with Crippen LogP contribution in [0.25, 0.3) is 23.0 Å². The number of hydrogen-bond donors (Lipinski definition) is 1. The molecule has 2 heterocycles. The summed E-state index contributed by atoms with van der Waals surface area (Å²) >= 11 is 0. The lowest BCUT2D eigenvalue weighted by molar-refractivity contribution is -0.111. The van der Waals surface area contributed by atoms with E-state index in [0.717, 1.165) is 39.3 Å². The van der Waals surface area contributed by atoms with Crippen molar-refractivity contribution in [3.63, 3.8) is 0 Å². The van der Waals surface area contributed by atoms with Gasteiger partial charge < -0.3 is 23.9 Å². The Hall–Kier alpha value is -4.26. The van der Waals surface area contributed by atoms with Crippen molar-refractivity contribution in [3.05, 3.63) is 77.6 Å². The molecule has 174 valence electrons. The fourth-order valence-electron chi connectivity index (χ4n) is 3.68. The number of methoxy groups -OCH3 is 3. The molecule has 0 fully saturated rings. The number of anilines is 1. The van der Waals surface area contributed by atoms with Crippen molar-refractivity contribution in [1.29, 1.82) is 0 Å². The van der Waals surface area contributed by atoms with Crippen LogP contribution in [0, 0.1) is 13.8 Å². The molecule has 0 aliphatic heterocycles. The number of amides is 1. The first kappa shape index (κ1) is 22.9. The van der Waals surface area contributed by atoms with Gasteiger partial charge in [-0.3, -0.25) is 4.79 Å². The number of carbonyl (C=O) groups is 1. The highest BCUT2D eigenvalue weighted by Crippen LogP contribution is 2.38. The molecule has 1 N–H and O–H groups in total. The number of aromatic nitrogens is 2. The van der Waals surface area contributed by atoms with Crippen LogP contribution in [0.15, 0.2) is 60.9 Å². The van der Waals surface area contributed by atoms with E-state index in [1.807, 2.05) is 61.0 Å². The summed E-state index contributed by atoms with van der Waals surface area (Å²) in [6, 6.07) is 13.6. The Balaban J connectivity index is 1.56. The van der Waals surface area contributed by atoms with Crippen molar-refractivity contribution >= 4 is 23.3 Å². The molecular formula is C27H27N3O4. The molecule has 4 rings (SSSR count). The van der Waals surface area contributed by atoms with Gasteiger partial charge in [0.1, 0.15) is 5.65 Å². The van der Waals surface area contributed by atoms with Gasteiger partial charge in [0.2, 0.25) is 11.7 Å². The maximum atomic E-state index is 12.7. The van der Waals surface area contributed by atoms with Gasteiger partial charge in [-0.05, 0) is 66.9 Å². The predicted octanol–water partition coefficient (Wildman–Crippen LogP) is 5.30. The van der Waals surface area contributed by atoms with E-state index in [0.29, 0.717) is 17.2 Å². The lowest BCUT2D eigenvalue weighted by Crippen LogP contribution is -2.09. The quantitative estimate of drug-likeness (QED) is 0.382. The monoisotopic (exact) mass is 457 g/mol. The third kappa shape index (κ3) is 4.73. The lowest BCUT2D eigenvalue weighted by atomic mass is 10.1. The van der Waals surface area contributed by atoms with E-state index in [1.165, 1.54) is 6.08 Å². The summed E-state index contributed by atoms with van der Waals surface area (Å²) < 4.78 is 18.1. The van der Waals surface area contributed by atoms with Gasteiger partial charge in [0.05, 0.1) is 27.0 Å². The van der Waals surface area contributed by atoms with Crippen LogP contribution < -0.4 is 19.5 Å². The molecule has 0 saturated heterocycles. The predicted molar refractivity (Wildman–Crippen MR) is 134 cm³/mol. The molecular weight excluding hydrogens is 430 g/mol. The molecule has 2 aromatic carbocycles. The van der Waals surface area contributed by atoms with E-state index in [9.17, 15) is 4.79 Å². The molecule has 0 bridgehead atoms. The molecule has 0 unspecified atom stereocenters. The smallest absolute Gasteiger partial charge is 0.248 e. The number of pyridine rings is 1. The van der Waals surface area contributed by atoms with E-state index < -0.39 is 0 Å². The van der Waals surface area contributed by atoms with Gasteiger partial charge in [0.25, 0.3) is 0 Å². The van der Waals surface area contributed by atoms with Crippen molar-refractivity contribution in [2.24, 2.45) is 0 Å². The minimum absolute atomic E-state index is 0.250. The van der Waals surface area contributed by atoms with Crippen molar-refractivity contribution in [2.45, 2.75) is 13.8 Å². The minimum atomic E-state index is -0.250. The number of rotatable bonds is 7. The van der Waals surface area contributed by atoms with Crippen LogP contribution >= 0.6 is 0 Å². The maximum absolute atomic E-state index is 12.7. The van der Waals surface area contributed by atoms with E-state index in [-0.39, 0.29) is 5.91 Å². The molecule has 0 aliphatic rings. The number of imidazole rings is 1. The van der Waals surface area contributed by atoms with Gasteiger partial charge in [0, 0.05) is 29.7 Å². The molecule has 0 spiro atoms. The first-order valence-corrected chi connectivity index (χ1v) is 10.8. The number of ether oxygens (including phenoxy) is 3. The first-order valence-electron chi connectivity index (χ1n) is 10.8. The third-order valence-corrected chi connectivity index (χ3v) is 5.52. The van der Waals surface area contributed by atoms with Crippen molar-refractivity contribution in [3.8, 4) is 28.5 Å². The molecule has 4 aromatic rings. The van der Waals surface area contributed by atoms with E-state index in [1.54, 1.807) is 39.5 Å². The van der Waals surface area contributed by atoms with E-state index in [2.05, 4.69) is 5.32 Å². The number of carbonyl (C=O) groups excluding carboxylic acids is 1. The second-order valence-corrected chi connectivity index (χ2v) is 7.91. The first-order chi connectivity index (χ1) is 16.4. The highest BCUT2D eigenvalue weighted by molar-refractivity contribution is 6.02.